The summed E-state index contributed by atoms with van der Waals surface area (Å²) in [7, 11) is -1.04. The number of fused-ring (bicyclic) bond motifs is 1. The van der Waals surface area contributed by atoms with Crippen molar-refractivity contribution in [3.8, 4) is 0 Å². The van der Waals surface area contributed by atoms with Gasteiger partial charge < -0.3 is 9.90 Å². The predicted octanol–water partition coefficient (Wildman–Crippen LogP) is 3.03. The summed E-state index contributed by atoms with van der Waals surface area (Å²) >= 11 is 0. The molecule has 0 bridgehead atoms. The molecule has 3 rings (SSSR count). The summed E-state index contributed by atoms with van der Waals surface area (Å²) in [5.41, 5.74) is 4.53. The Morgan fingerprint density at radius 1 is 1.16 bits per heavy atom. The van der Waals surface area contributed by atoms with Crippen LogP contribution in [-0.2, 0) is 15.6 Å². The molecule has 5 heteroatoms. The fourth-order valence-electron chi connectivity index (χ4n) is 3.05. The predicted molar refractivity (Wildman–Crippen MR) is 95.3 cm³/mol. The third kappa shape index (κ3) is 3.46. The fourth-order valence-corrected chi connectivity index (χ4v) is 3.57. The second kappa shape index (κ2) is 6.76. The molecule has 0 aromatic heterocycles. The lowest BCUT2D eigenvalue weighted by molar-refractivity contribution is -0.304. The van der Waals surface area contributed by atoms with Crippen LogP contribution < -0.4 is 5.11 Å². The Kier molecular flexibility index (Phi) is 4.68. The molecule has 128 valence electrons. The van der Waals surface area contributed by atoms with Gasteiger partial charge in [-0.2, -0.15) is 0 Å². The maximum absolute atomic E-state index is 13.6. The molecular formula is C20H16FO3S-. The second-order valence-corrected chi connectivity index (χ2v) is 7.30. The Morgan fingerprint density at radius 3 is 2.44 bits per heavy atom. The highest BCUT2D eigenvalue weighted by molar-refractivity contribution is 7.84. The third-order valence-electron chi connectivity index (χ3n) is 4.30. The number of carbonyl (C=O) groups is 1. The molecule has 0 aliphatic heterocycles. The van der Waals surface area contributed by atoms with E-state index in [0.29, 0.717) is 11.1 Å². The minimum atomic E-state index is -1.19. The quantitative estimate of drug-likeness (QED) is 0.847. The summed E-state index contributed by atoms with van der Waals surface area (Å²) in [4.78, 5) is 11.8. The first-order chi connectivity index (χ1) is 11.9. The molecule has 2 aromatic rings. The van der Waals surface area contributed by atoms with E-state index in [1.54, 1.807) is 24.5 Å². The largest absolute Gasteiger partial charge is 0.550 e. The van der Waals surface area contributed by atoms with Gasteiger partial charge in [-0.05, 0) is 70.7 Å². The monoisotopic (exact) mass is 355 g/mol. The molecule has 0 spiro atoms. The Bertz CT molecular complexity index is 940. The zero-order chi connectivity index (χ0) is 18.1. The molecule has 2 aromatic carbocycles. The highest BCUT2D eigenvalue weighted by Crippen LogP contribution is 2.43. The number of allylic oxidation sites excluding steroid dienone is 2. The van der Waals surface area contributed by atoms with Gasteiger partial charge in [-0.3, -0.25) is 4.21 Å². The summed E-state index contributed by atoms with van der Waals surface area (Å²) in [5.74, 6) is -1.60. The van der Waals surface area contributed by atoms with Gasteiger partial charge in [0, 0.05) is 34.3 Å². The van der Waals surface area contributed by atoms with Gasteiger partial charge in [0.15, 0.2) is 0 Å². The number of aliphatic carboxylic acids is 1. The molecule has 0 N–H and O–H groups in total. The van der Waals surface area contributed by atoms with E-state index in [-0.39, 0.29) is 6.42 Å². The first kappa shape index (κ1) is 17.3. The summed E-state index contributed by atoms with van der Waals surface area (Å²) in [6.45, 7) is 1.83. The van der Waals surface area contributed by atoms with Crippen molar-refractivity contribution in [2.45, 2.75) is 18.2 Å². The van der Waals surface area contributed by atoms with E-state index in [4.69, 9.17) is 0 Å². The Balaban J connectivity index is 2.10. The molecule has 1 aliphatic carbocycles. The number of carboxylic acid groups (broad SMARTS) is 1. The van der Waals surface area contributed by atoms with Crippen LogP contribution in [0.4, 0.5) is 4.39 Å². The van der Waals surface area contributed by atoms with Gasteiger partial charge >= 0.3 is 0 Å². The van der Waals surface area contributed by atoms with Crippen molar-refractivity contribution in [2.75, 3.05) is 6.26 Å². The van der Waals surface area contributed by atoms with Crippen molar-refractivity contribution in [1.82, 2.24) is 0 Å². The first-order valence-electron chi connectivity index (χ1n) is 7.72. The van der Waals surface area contributed by atoms with Crippen LogP contribution in [0.1, 0.15) is 30.0 Å². The smallest absolute Gasteiger partial charge is 0.123 e. The highest BCUT2D eigenvalue weighted by Gasteiger charge is 2.24. The van der Waals surface area contributed by atoms with E-state index in [9.17, 15) is 18.5 Å². The van der Waals surface area contributed by atoms with E-state index in [2.05, 4.69) is 0 Å². The standard InChI is InChI=1S/C20H17FO3S/c1-12-17(9-13-3-6-15(7-4-13)25(2)24)16-8-5-14(21)10-19(16)18(12)11-20(22)23/h3-10H,11H2,1-2H3,(H,22,23)/p-1/b17-9+/t25-/m1/s1. The molecule has 0 radical (unpaired) electrons. The van der Waals surface area contributed by atoms with Crippen molar-refractivity contribution in [1.29, 1.82) is 0 Å². The van der Waals surface area contributed by atoms with E-state index >= 15 is 0 Å². The van der Waals surface area contributed by atoms with Crippen LogP contribution in [0.2, 0.25) is 0 Å². The Hall–Kier alpha value is -2.53. The zero-order valence-corrected chi connectivity index (χ0v) is 14.7. The van der Waals surface area contributed by atoms with Crippen LogP contribution in [0.25, 0.3) is 17.2 Å². The minimum absolute atomic E-state index is 0.257. The SMILES string of the molecule is CC1=C(CC(=O)[O-])c2cc(F)ccc2/C1=C/c1ccc([S@@](C)=O)cc1. The number of carbonyl (C=O) groups excluding carboxylic acids is 1. The van der Waals surface area contributed by atoms with Gasteiger partial charge in [-0.25, -0.2) is 4.39 Å². The molecule has 1 aliphatic rings. The zero-order valence-electron chi connectivity index (χ0n) is 13.8. The molecule has 0 amide bonds. The van der Waals surface area contributed by atoms with Crippen molar-refractivity contribution in [2.24, 2.45) is 0 Å². The minimum Gasteiger partial charge on any atom is -0.550 e. The van der Waals surface area contributed by atoms with Crippen LogP contribution in [-0.4, -0.2) is 16.4 Å². The van der Waals surface area contributed by atoms with Crippen molar-refractivity contribution < 1.29 is 18.5 Å². The van der Waals surface area contributed by atoms with Crippen LogP contribution in [0.3, 0.4) is 0 Å². The van der Waals surface area contributed by atoms with Gasteiger partial charge in [0.05, 0.1) is 0 Å². The second-order valence-electron chi connectivity index (χ2n) is 5.92. The third-order valence-corrected chi connectivity index (χ3v) is 5.23. The van der Waals surface area contributed by atoms with Crippen molar-refractivity contribution in [3.05, 3.63) is 70.5 Å². The molecule has 25 heavy (non-hydrogen) atoms. The topological polar surface area (TPSA) is 57.2 Å². The maximum Gasteiger partial charge on any atom is 0.123 e. The van der Waals surface area contributed by atoms with Crippen molar-refractivity contribution >= 4 is 34.0 Å². The molecule has 0 fully saturated rings. The summed E-state index contributed by atoms with van der Waals surface area (Å²) < 4.78 is 25.1. The molecule has 0 heterocycles. The molecular weight excluding hydrogens is 339 g/mol. The van der Waals surface area contributed by atoms with Gasteiger partial charge in [0.2, 0.25) is 0 Å². The summed E-state index contributed by atoms with van der Waals surface area (Å²) in [6, 6.07) is 11.7. The number of carboxylic acids is 1. The Morgan fingerprint density at radius 2 is 1.84 bits per heavy atom. The van der Waals surface area contributed by atoms with Crippen LogP contribution in [0.5, 0.6) is 0 Å². The Labute approximate surface area is 148 Å². The van der Waals surface area contributed by atoms with Gasteiger partial charge in [0.1, 0.15) is 5.82 Å². The van der Waals surface area contributed by atoms with Crippen molar-refractivity contribution in [3.63, 3.8) is 0 Å². The average Bonchev–Trinajstić information content (AvgIpc) is 2.80. The number of rotatable bonds is 4. The molecule has 3 nitrogen and oxygen atoms in total. The summed E-state index contributed by atoms with van der Waals surface area (Å²) in [6.07, 6.45) is 3.29. The van der Waals surface area contributed by atoms with Gasteiger partial charge in [-0.15, -0.1) is 0 Å². The fraction of sp³-hybridized carbons (Fsp3) is 0.150. The van der Waals surface area contributed by atoms with E-state index in [0.717, 1.165) is 27.2 Å². The lowest BCUT2D eigenvalue weighted by Gasteiger charge is -2.06. The lowest BCUT2D eigenvalue weighted by Crippen LogP contribution is -2.22. The number of hydrogen-bond donors (Lipinski definition) is 0. The number of hydrogen-bond acceptors (Lipinski definition) is 3. The molecule has 0 saturated carbocycles. The average molecular weight is 355 g/mol. The summed E-state index contributed by atoms with van der Waals surface area (Å²) in [5, 5.41) is 11.1. The highest BCUT2D eigenvalue weighted by atomic mass is 32.2. The molecule has 0 unspecified atom stereocenters. The number of benzene rings is 2. The lowest BCUT2D eigenvalue weighted by atomic mass is 10.0. The molecule has 1 atom stereocenters. The van der Waals surface area contributed by atoms with Crippen LogP contribution >= 0.6 is 0 Å². The normalized spacial score (nSPS) is 16.2. The maximum atomic E-state index is 13.6. The first-order valence-corrected chi connectivity index (χ1v) is 9.28. The number of halogens is 1. The van der Waals surface area contributed by atoms with E-state index in [1.807, 2.05) is 25.1 Å². The molecule has 0 saturated heterocycles. The van der Waals surface area contributed by atoms with E-state index in [1.165, 1.54) is 12.1 Å². The van der Waals surface area contributed by atoms with E-state index < -0.39 is 22.6 Å². The van der Waals surface area contributed by atoms with Gasteiger partial charge in [-0.1, -0.05) is 18.2 Å². The van der Waals surface area contributed by atoms with Crippen LogP contribution in [0, 0.1) is 5.82 Å². The van der Waals surface area contributed by atoms with Gasteiger partial charge in [0.25, 0.3) is 0 Å². The van der Waals surface area contributed by atoms with Crippen LogP contribution in [0.15, 0.2) is 52.9 Å².